The van der Waals surface area contributed by atoms with Crippen molar-refractivity contribution in [1.29, 1.82) is 0 Å². The summed E-state index contributed by atoms with van der Waals surface area (Å²) in [5, 5.41) is 8.56. The van der Waals surface area contributed by atoms with Gasteiger partial charge in [0.2, 0.25) is 0 Å². The summed E-state index contributed by atoms with van der Waals surface area (Å²) in [4.78, 5) is 12.5. The number of carboxylic acid groups (broad SMARTS) is 1. The van der Waals surface area contributed by atoms with Gasteiger partial charge in [-0.2, -0.15) is 0 Å². The fourth-order valence-corrected chi connectivity index (χ4v) is 2.63. The van der Waals surface area contributed by atoms with E-state index in [4.69, 9.17) is 5.11 Å². The molecule has 2 rings (SSSR count). The van der Waals surface area contributed by atoms with E-state index in [-0.39, 0.29) is 5.82 Å². The van der Waals surface area contributed by atoms with Crippen LogP contribution in [0.3, 0.4) is 0 Å². The summed E-state index contributed by atoms with van der Waals surface area (Å²) >= 11 is 0. The number of carbonyl (C=O) groups is 1. The Morgan fingerprint density at radius 3 is 2.70 bits per heavy atom. The molecule has 1 N–H and O–H groups in total. The van der Waals surface area contributed by atoms with Gasteiger partial charge in [-0.25, -0.2) is 9.18 Å². The molecule has 20 heavy (non-hydrogen) atoms. The smallest absolute Gasteiger partial charge is 0.328 e. The predicted molar refractivity (Wildman–Crippen MR) is 78.3 cm³/mol. The molecule has 0 amide bonds. The van der Waals surface area contributed by atoms with Crippen LogP contribution in [0.25, 0.3) is 6.08 Å². The van der Waals surface area contributed by atoms with Crippen LogP contribution in [0.5, 0.6) is 0 Å². The second kappa shape index (κ2) is 6.55. The molecule has 0 unspecified atom stereocenters. The second-order valence-electron chi connectivity index (χ2n) is 5.22. The third-order valence-corrected chi connectivity index (χ3v) is 3.92. The zero-order valence-electron chi connectivity index (χ0n) is 11.7. The molecule has 0 aliphatic carbocycles. The van der Waals surface area contributed by atoms with Crippen molar-refractivity contribution in [3.63, 3.8) is 0 Å². The highest BCUT2D eigenvalue weighted by Crippen LogP contribution is 2.27. The topological polar surface area (TPSA) is 40.5 Å². The summed E-state index contributed by atoms with van der Waals surface area (Å²) in [5.74, 6) is -0.560. The van der Waals surface area contributed by atoms with Gasteiger partial charge in [0.25, 0.3) is 0 Å². The summed E-state index contributed by atoms with van der Waals surface area (Å²) in [6.07, 6.45) is 5.82. The summed E-state index contributed by atoms with van der Waals surface area (Å²) in [6.45, 7) is 3.98. The number of nitrogens with zero attached hydrogens (tertiary/aromatic N) is 1. The summed E-state index contributed by atoms with van der Waals surface area (Å²) in [7, 11) is 0. The van der Waals surface area contributed by atoms with E-state index in [2.05, 4.69) is 11.8 Å². The van der Waals surface area contributed by atoms with E-state index >= 15 is 0 Å². The van der Waals surface area contributed by atoms with Crippen LogP contribution in [0.15, 0.2) is 24.3 Å². The standard InChI is InChI=1S/C16H20FNO2/c1-2-12-7-9-18(10-8-12)15-5-3-13(11-14(15)17)4-6-16(19)20/h3-6,11-12H,2,7-10H2,1H3,(H,19,20). The number of piperidine rings is 1. The first-order chi connectivity index (χ1) is 9.60. The van der Waals surface area contributed by atoms with Gasteiger partial charge in [0.15, 0.2) is 0 Å². The van der Waals surface area contributed by atoms with Crippen LogP contribution >= 0.6 is 0 Å². The number of benzene rings is 1. The molecule has 1 fully saturated rings. The van der Waals surface area contributed by atoms with Crippen LogP contribution in [0.4, 0.5) is 10.1 Å². The maximum absolute atomic E-state index is 14.1. The zero-order valence-corrected chi connectivity index (χ0v) is 11.7. The Kier molecular flexibility index (Phi) is 4.77. The van der Waals surface area contributed by atoms with Gasteiger partial charge in [-0.1, -0.05) is 19.4 Å². The Morgan fingerprint density at radius 2 is 2.15 bits per heavy atom. The van der Waals surface area contributed by atoms with Crippen LogP contribution in [0.1, 0.15) is 31.7 Å². The molecule has 1 heterocycles. The molecule has 0 bridgehead atoms. The largest absolute Gasteiger partial charge is 0.478 e. The minimum absolute atomic E-state index is 0.285. The Bertz CT molecular complexity index is 505. The van der Waals surface area contributed by atoms with E-state index in [9.17, 15) is 9.18 Å². The van der Waals surface area contributed by atoms with Crippen LogP contribution in [0, 0.1) is 11.7 Å². The minimum atomic E-state index is -1.03. The summed E-state index contributed by atoms with van der Waals surface area (Å²) in [5.41, 5.74) is 1.18. The van der Waals surface area contributed by atoms with Crippen molar-refractivity contribution in [2.45, 2.75) is 26.2 Å². The van der Waals surface area contributed by atoms with Gasteiger partial charge in [0.1, 0.15) is 5.82 Å². The molecule has 108 valence electrons. The van der Waals surface area contributed by atoms with Crippen molar-refractivity contribution < 1.29 is 14.3 Å². The van der Waals surface area contributed by atoms with Crippen LogP contribution in [0.2, 0.25) is 0 Å². The number of rotatable bonds is 4. The molecule has 1 aliphatic rings. The Morgan fingerprint density at radius 1 is 1.45 bits per heavy atom. The molecule has 0 saturated carbocycles. The highest BCUT2D eigenvalue weighted by Gasteiger charge is 2.20. The number of carboxylic acids is 1. The van der Waals surface area contributed by atoms with Crippen molar-refractivity contribution in [2.75, 3.05) is 18.0 Å². The van der Waals surface area contributed by atoms with E-state index in [0.29, 0.717) is 11.3 Å². The highest BCUT2D eigenvalue weighted by molar-refractivity contribution is 5.85. The Balaban J connectivity index is 2.08. The van der Waals surface area contributed by atoms with Gasteiger partial charge in [-0.15, -0.1) is 0 Å². The molecular formula is C16H20FNO2. The first kappa shape index (κ1) is 14.6. The molecular weight excluding hydrogens is 257 g/mol. The molecule has 3 nitrogen and oxygen atoms in total. The van der Waals surface area contributed by atoms with Gasteiger partial charge in [0, 0.05) is 19.2 Å². The Hall–Kier alpha value is -1.84. The maximum Gasteiger partial charge on any atom is 0.328 e. The number of aliphatic carboxylic acids is 1. The lowest BCUT2D eigenvalue weighted by atomic mass is 9.94. The molecule has 0 spiro atoms. The molecule has 1 aromatic rings. The average molecular weight is 277 g/mol. The van der Waals surface area contributed by atoms with Gasteiger partial charge in [0.05, 0.1) is 5.69 Å². The van der Waals surface area contributed by atoms with Crippen molar-refractivity contribution in [1.82, 2.24) is 0 Å². The van der Waals surface area contributed by atoms with Crippen molar-refractivity contribution in [2.24, 2.45) is 5.92 Å². The van der Waals surface area contributed by atoms with Gasteiger partial charge < -0.3 is 10.0 Å². The summed E-state index contributed by atoms with van der Waals surface area (Å²) < 4.78 is 14.1. The second-order valence-corrected chi connectivity index (χ2v) is 5.22. The number of hydrogen-bond donors (Lipinski definition) is 1. The predicted octanol–water partition coefficient (Wildman–Crippen LogP) is 3.55. The lowest BCUT2D eigenvalue weighted by molar-refractivity contribution is -0.131. The quantitative estimate of drug-likeness (QED) is 0.856. The zero-order chi connectivity index (χ0) is 14.5. The molecule has 1 aliphatic heterocycles. The third-order valence-electron chi connectivity index (χ3n) is 3.92. The fraction of sp³-hybridized carbons (Fsp3) is 0.438. The number of halogens is 1. The summed E-state index contributed by atoms with van der Waals surface area (Å²) in [6, 6.07) is 4.88. The SMILES string of the molecule is CCC1CCN(c2ccc(C=CC(=O)O)cc2F)CC1. The van der Waals surface area contributed by atoms with Gasteiger partial charge >= 0.3 is 5.97 Å². The van der Waals surface area contributed by atoms with Crippen LogP contribution in [-0.2, 0) is 4.79 Å². The lowest BCUT2D eigenvalue weighted by Crippen LogP contribution is -2.34. The average Bonchev–Trinajstić information content (AvgIpc) is 2.45. The molecule has 0 radical (unpaired) electrons. The maximum atomic E-state index is 14.1. The van der Waals surface area contributed by atoms with Crippen LogP contribution < -0.4 is 4.90 Å². The molecule has 1 saturated heterocycles. The first-order valence-electron chi connectivity index (χ1n) is 7.05. The number of hydrogen-bond acceptors (Lipinski definition) is 2. The highest BCUT2D eigenvalue weighted by atomic mass is 19.1. The first-order valence-corrected chi connectivity index (χ1v) is 7.05. The van der Waals surface area contributed by atoms with Crippen molar-refractivity contribution in [3.8, 4) is 0 Å². The fourth-order valence-electron chi connectivity index (χ4n) is 2.63. The third kappa shape index (κ3) is 3.59. The Labute approximate surface area is 118 Å². The van der Waals surface area contributed by atoms with Gasteiger partial charge in [-0.05, 0) is 42.5 Å². The van der Waals surface area contributed by atoms with E-state index in [1.165, 1.54) is 18.6 Å². The monoisotopic (exact) mass is 277 g/mol. The normalized spacial score (nSPS) is 16.8. The van der Waals surface area contributed by atoms with E-state index in [1.54, 1.807) is 12.1 Å². The van der Waals surface area contributed by atoms with E-state index in [0.717, 1.165) is 37.9 Å². The molecule has 1 aromatic carbocycles. The van der Waals surface area contributed by atoms with E-state index < -0.39 is 5.97 Å². The lowest BCUT2D eigenvalue weighted by Gasteiger charge is -2.33. The van der Waals surface area contributed by atoms with Crippen LogP contribution in [-0.4, -0.2) is 24.2 Å². The molecule has 0 aromatic heterocycles. The molecule has 4 heteroatoms. The van der Waals surface area contributed by atoms with Crippen molar-refractivity contribution >= 4 is 17.7 Å². The van der Waals surface area contributed by atoms with Gasteiger partial charge in [-0.3, -0.25) is 0 Å². The van der Waals surface area contributed by atoms with E-state index in [1.807, 2.05) is 0 Å². The number of anilines is 1. The van der Waals surface area contributed by atoms with Crippen molar-refractivity contribution in [3.05, 3.63) is 35.7 Å². The minimum Gasteiger partial charge on any atom is -0.478 e. The molecule has 0 atom stereocenters.